The average molecular weight is 331 g/mol. The van der Waals surface area contributed by atoms with E-state index in [1.807, 2.05) is 0 Å². The van der Waals surface area contributed by atoms with Crippen molar-refractivity contribution in [1.82, 2.24) is 4.90 Å². The molecule has 1 heterocycles. The number of benzene rings is 2. The van der Waals surface area contributed by atoms with Crippen molar-refractivity contribution in [3.63, 3.8) is 0 Å². The Hall–Kier alpha value is -1.16. The number of nitrogens with two attached hydrogens (primary N) is 1. The molecule has 0 spiro atoms. The molecule has 2 aromatic carbocycles. The lowest BCUT2D eigenvalue weighted by Gasteiger charge is -2.16. The van der Waals surface area contributed by atoms with Gasteiger partial charge >= 0.3 is 0 Å². The summed E-state index contributed by atoms with van der Waals surface area (Å²) in [5.74, 6) is 0.437. The fourth-order valence-electron chi connectivity index (χ4n) is 2.95. The summed E-state index contributed by atoms with van der Waals surface area (Å²) in [6.07, 6.45) is 0. The molecule has 0 saturated carbocycles. The van der Waals surface area contributed by atoms with Gasteiger partial charge in [-0.3, -0.25) is 4.90 Å². The van der Waals surface area contributed by atoms with Crippen LogP contribution in [0, 0.1) is 0 Å². The van der Waals surface area contributed by atoms with Crippen LogP contribution in [0.1, 0.15) is 17.0 Å². The highest BCUT2D eigenvalue weighted by Gasteiger charge is 2.30. The summed E-state index contributed by atoms with van der Waals surface area (Å²) in [7, 11) is 0. The van der Waals surface area contributed by atoms with Crippen LogP contribution in [-0.4, -0.2) is 24.0 Å². The van der Waals surface area contributed by atoms with Gasteiger partial charge in [0, 0.05) is 36.1 Å². The molecule has 0 bridgehead atoms. The molecule has 2 N–H and O–H groups in total. The predicted molar refractivity (Wildman–Crippen MR) is 86.6 cm³/mol. The topological polar surface area (TPSA) is 29.3 Å². The highest BCUT2D eigenvalue weighted by molar-refractivity contribution is 9.10. The minimum Gasteiger partial charge on any atom is -0.326 e. The second-order valence-corrected chi connectivity index (χ2v) is 6.42. The Morgan fingerprint density at radius 3 is 2.40 bits per heavy atom. The highest BCUT2D eigenvalue weighted by Crippen LogP contribution is 2.28. The lowest BCUT2D eigenvalue weighted by Crippen LogP contribution is -2.28. The summed E-state index contributed by atoms with van der Waals surface area (Å²) in [5, 5.41) is 0. The number of likely N-dealkylation sites (tertiary alicyclic amines) is 1. The summed E-state index contributed by atoms with van der Waals surface area (Å²) >= 11 is 3.48. The maximum Gasteiger partial charge on any atom is 0.0250 e. The largest absolute Gasteiger partial charge is 0.326 e. The number of nitrogens with zero attached hydrogens (tertiary/aromatic N) is 1. The molecular weight excluding hydrogens is 312 g/mol. The first-order valence-electron chi connectivity index (χ1n) is 7.00. The highest BCUT2D eigenvalue weighted by atomic mass is 79.9. The van der Waals surface area contributed by atoms with Crippen molar-refractivity contribution in [2.45, 2.75) is 18.5 Å². The molecule has 3 rings (SSSR count). The molecule has 0 aromatic heterocycles. The normalized spacial score (nSPS) is 23.1. The molecular formula is C17H19BrN2. The summed E-state index contributed by atoms with van der Waals surface area (Å²) in [6, 6.07) is 19.4. The Balaban J connectivity index is 1.69. The first-order chi connectivity index (χ1) is 9.72. The van der Waals surface area contributed by atoms with Gasteiger partial charge in [-0.2, -0.15) is 0 Å². The SMILES string of the molecule is NC1CN(Cc2ccccc2)CC1c1ccc(Br)cc1. The Morgan fingerprint density at radius 1 is 1.00 bits per heavy atom. The van der Waals surface area contributed by atoms with Crippen LogP contribution in [0.5, 0.6) is 0 Å². The van der Waals surface area contributed by atoms with E-state index in [9.17, 15) is 0 Å². The molecule has 1 aliphatic heterocycles. The van der Waals surface area contributed by atoms with E-state index in [4.69, 9.17) is 5.73 Å². The van der Waals surface area contributed by atoms with Crippen LogP contribution >= 0.6 is 15.9 Å². The van der Waals surface area contributed by atoms with Crippen molar-refractivity contribution < 1.29 is 0 Å². The van der Waals surface area contributed by atoms with Gasteiger partial charge in [-0.05, 0) is 23.3 Å². The summed E-state index contributed by atoms with van der Waals surface area (Å²) in [5.41, 5.74) is 9.04. The first kappa shape index (κ1) is 13.8. The molecule has 20 heavy (non-hydrogen) atoms. The third kappa shape index (κ3) is 3.11. The Labute approximate surface area is 128 Å². The molecule has 2 nitrogen and oxygen atoms in total. The van der Waals surface area contributed by atoms with Crippen molar-refractivity contribution in [3.05, 3.63) is 70.2 Å². The zero-order valence-electron chi connectivity index (χ0n) is 11.4. The summed E-state index contributed by atoms with van der Waals surface area (Å²) < 4.78 is 1.12. The molecule has 2 atom stereocenters. The van der Waals surface area contributed by atoms with Gasteiger partial charge in [0.25, 0.3) is 0 Å². The van der Waals surface area contributed by atoms with Crippen LogP contribution < -0.4 is 5.73 Å². The van der Waals surface area contributed by atoms with E-state index in [0.29, 0.717) is 5.92 Å². The van der Waals surface area contributed by atoms with E-state index in [-0.39, 0.29) is 6.04 Å². The van der Waals surface area contributed by atoms with Gasteiger partial charge in [-0.1, -0.05) is 58.4 Å². The minimum atomic E-state index is 0.222. The van der Waals surface area contributed by atoms with Crippen LogP contribution in [0.2, 0.25) is 0 Å². The van der Waals surface area contributed by atoms with Crippen LogP contribution in [0.4, 0.5) is 0 Å². The Bertz CT molecular complexity index is 553. The molecule has 0 radical (unpaired) electrons. The maximum absolute atomic E-state index is 6.34. The molecule has 2 unspecified atom stereocenters. The fraction of sp³-hybridized carbons (Fsp3) is 0.294. The van der Waals surface area contributed by atoms with Gasteiger partial charge in [-0.25, -0.2) is 0 Å². The zero-order valence-corrected chi connectivity index (χ0v) is 13.0. The third-order valence-corrected chi connectivity index (χ3v) is 4.52. The molecule has 1 aliphatic rings. The Morgan fingerprint density at radius 2 is 1.70 bits per heavy atom. The van der Waals surface area contributed by atoms with Crippen molar-refractivity contribution in [2.24, 2.45) is 5.73 Å². The minimum absolute atomic E-state index is 0.222. The van der Waals surface area contributed by atoms with E-state index >= 15 is 0 Å². The van der Waals surface area contributed by atoms with Gasteiger partial charge in [0.15, 0.2) is 0 Å². The maximum atomic E-state index is 6.34. The zero-order chi connectivity index (χ0) is 13.9. The van der Waals surface area contributed by atoms with E-state index in [1.165, 1.54) is 11.1 Å². The summed E-state index contributed by atoms with van der Waals surface area (Å²) in [4.78, 5) is 2.45. The molecule has 0 aliphatic carbocycles. The number of hydrogen-bond acceptors (Lipinski definition) is 2. The predicted octanol–water partition coefficient (Wildman–Crippen LogP) is 3.38. The van der Waals surface area contributed by atoms with Crippen LogP contribution in [0.3, 0.4) is 0 Å². The smallest absolute Gasteiger partial charge is 0.0250 e. The van der Waals surface area contributed by atoms with E-state index in [0.717, 1.165) is 24.1 Å². The monoisotopic (exact) mass is 330 g/mol. The Kier molecular flexibility index (Phi) is 4.20. The molecule has 1 saturated heterocycles. The van der Waals surface area contributed by atoms with Crippen LogP contribution in [-0.2, 0) is 6.54 Å². The third-order valence-electron chi connectivity index (χ3n) is 3.99. The summed E-state index contributed by atoms with van der Waals surface area (Å²) in [6.45, 7) is 2.99. The standard InChI is InChI=1S/C17H19BrN2/c18-15-8-6-14(7-9-15)16-11-20(12-17(16)19)10-13-4-2-1-3-5-13/h1-9,16-17H,10-12,19H2. The molecule has 1 fully saturated rings. The van der Waals surface area contributed by atoms with E-state index in [2.05, 4.69) is 75.4 Å². The average Bonchev–Trinajstić information content (AvgIpc) is 2.81. The lowest BCUT2D eigenvalue weighted by molar-refractivity contribution is 0.324. The van der Waals surface area contributed by atoms with Gasteiger partial charge in [0.1, 0.15) is 0 Å². The van der Waals surface area contributed by atoms with E-state index < -0.39 is 0 Å². The molecule has 3 heteroatoms. The molecule has 0 amide bonds. The lowest BCUT2D eigenvalue weighted by atomic mass is 9.95. The van der Waals surface area contributed by atoms with Crippen molar-refractivity contribution in [3.8, 4) is 0 Å². The second kappa shape index (κ2) is 6.08. The van der Waals surface area contributed by atoms with Gasteiger partial charge in [0.05, 0.1) is 0 Å². The van der Waals surface area contributed by atoms with Crippen LogP contribution in [0.15, 0.2) is 59.1 Å². The van der Waals surface area contributed by atoms with Crippen molar-refractivity contribution >= 4 is 15.9 Å². The van der Waals surface area contributed by atoms with Crippen LogP contribution in [0.25, 0.3) is 0 Å². The van der Waals surface area contributed by atoms with E-state index in [1.54, 1.807) is 0 Å². The van der Waals surface area contributed by atoms with Crippen molar-refractivity contribution in [2.75, 3.05) is 13.1 Å². The van der Waals surface area contributed by atoms with Gasteiger partial charge in [-0.15, -0.1) is 0 Å². The number of rotatable bonds is 3. The quantitative estimate of drug-likeness (QED) is 0.934. The second-order valence-electron chi connectivity index (χ2n) is 5.50. The number of hydrogen-bond donors (Lipinski definition) is 1. The van der Waals surface area contributed by atoms with Crippen molar-refractivity contribution in [1.29, 1.82) is 0 Å². The van der Waals surface area contributed by atoms with Gasteiger partial charge < -0.3 is 5.73 Å². The number of halogens is 1. The van der Waals surface area contributed by atoms with Gasteiger partial charge in [0.2, 0.25) is 0 Å². The fourth-order valence-corrected chi connectivity index (χ4v) is 3.21. The molecule has 104 valence electrons. The first-order valence-corrected chi connectivity index (χ1v) is 7.79. The molecule has 2 aromatic rings.